The van der Waals surface area contributed by atoms with E-state index >= 15 is 0 Å². The summed E-state index contributed by atoms with van der Waals surface area (Å²) in [5.74, 6) is 1.59. The van der Waals surface area contributed by atoms with E-state index in [1.807, 2.05) is 18.2 Å². The topological polar surface area (TPSA) is 68.3 Å². The number of hydrogen-bond donors (Lipinski definition) is 0. The molecule has 0 aromatic heterocycles. The molecule has 2 aliphatic heterocycles. The van der Waals surface area contributed by atoms with Gasteiger partial charge in [0, 0.05) is 25.0 Å². The monoisotopic (exact) mass is 366 g/mol. The van der Waals surface area contributed by atoms with E-state index in [-0.39, 0.29) is 24.1 Å². The number of morpholine rings is 1. The van der Waals surface area contributed by atoms with Crippen LogP contribution in [0.1, 0.15) is 0 Å². The Morgan fingerprint density at radius 2 is 1.84 bits per heavy atom. The van der Waals surface area contributed by atoms with Gasteiger partial charge in [-0.2, -0.15) is 0 Å². The molecule has 0 N–H and O–H groups in total. The molecule has 136 valence electrons. The maximum absolute atomic E-state index is 12.3. The normalized spacial score (nSPS) is 16.4. The average molecular weight is 366 g/mol. The molecule has 2 aliphatic rings. The first-order valence-electron chi connectivity index (χ1n) is 8.25. The Morgan fingerprint density at radius 1 is 1.12 bits per heavy atom. The molecular formula is C17H22N2O5S. The molecule has 1 aromatic carbocycles. The standard InChI is InChI=1S/C17H22N2O5S/c1-18(11-16(20)19-4-6-22-7-5-19)17(21)12-25-13-2-3-14-15(10-13)24-9-8-23-14/h2-3,10H,4-9,11-12H2,1H3. The van der Waals surface area contributed by atoms with Crippen molar-refractivity contribution in [2.45, 2.75) is 4.90 Å². The van der Waals surface area contributed by atoms with Gasteiger partial charge in [0.05, 0.1) is 25.5 Å². The molecular weight excluding hydrogens is 344 g/mol. The van der Waals surface area contributed by atoms with Crippen LogP contribution in [-0.4, -0.2) is 80.5 Å². The van der Waals surface area contributed by atoms with Crippen LogP contribution in [0, 0.1) is 0 Å². The minimum absolute atomic E-state index is 0.0384. The van der Waals surface area contributed by atoms with Gasteiger partial charge in [-0.1, -0.05) is 0 Å². The molecule has 3 rings (SSSR count). The van der Waals surface area contributed by atoms with Crippen molar-refractivity contribution in [3.05, 3.63) is 18.2 Å². The summed E-state index contributed by atoms with van der Waals surface area (Å²) in [5.41, 5.74) is 0. The van der Waals surface area contributed by atoms with E-state index in [0.29, 0.717) is 45.3 Å². The van der Waals surface area contributed by atoms with E-state index in [1.54, 1.807) is 11.9 Å². The van der Waals surface area contributed by atoms with Crippen molar-refractivity contribution in [2.24, 2.45) is 0 Å². The summed E-state index contributed by atoms with van der Waals surface area (Å²) in [7, 11) is 1.66. The number of carbonyl (C=O) groups excluding carboxylic acids is 2. The molecule has 2 amide bonds. The fourth-order valence-corrected chi connectivity index (χ4v) is 3.44. The first-order valence-corrected chi connectivity index (χ1v) is 9.24. The molecule has 0 atom stereocenters. The lowest BCUT2D eigenvalue weighted by molar-refractivity contribution is -0.140. The number of benzene rings is 1. The highest BCUT2D eigenvalue weighted by Gasteiger charge is 2.20. The number of hydrogen-bond acceptors (Lipinski definition) is 6. The van der Waals surface area contributed by atoms with Gasteiger partial charge in [0.1, 0.15) is 13.2 Å². The molecule has 2 heterocycles. The van der Waals surface area contributed by atoms with Crippen LogP contribution in [-0.2, 0) is 14.3 Å². The number of thioether (sulfide) groups is 1. The predicted molar refractivity (Wildman–Crippen MR) is 93.2 cm³/mol. The number of amides is 2. The minimum atomic E-state index is -0.0819. The average Bonchev–Trinajstić information content (AvgIpc) is 2.66. The highest BCUT2D eigenvalue weighted by molar-refractivity contribution is 8.00. The van der Waals surface area contributed by atoms with E-state index in [1.165, 1.54) is 16.7 Å². The van der Waals surface area contributed by atoms with Crippen molar-refractivity contribution >= 4 is 23.6 Å². The summed E-state index contributed by atoms with van der Waals surface area (Å²) in [5, 5.41) is 0. The van der Waals surface area contributed by atoms with Gasteiger partial charge in [0.2, 0.25) is 11.8 Å². The number of nitrogens with zero attached hydrogens (tertiary/aromatic N) is 2. The molecule has 1 fully saturated rings. The van der Waals surface area contributed by atoms with Crippen LogP contribution in [0.2, 0.25) is 0 Å². The molecule has 8 heteroatoms. The second kappa shape index (κ2) is 8.44. The zero-order valence-electron chi connectivity index (χ0n) is 14.2. The van der Waals surface area contributed by atoms with Gasteiger partial charge in [0.25, 0.3) is 0 Å². The Kier molecular flexibility index (Phi) is 6.04. The first-order chi connectivity index (χ1) is 12.1. The van der Waals surface area contributed by atoms with Crippen LogP contribution >= 0.6 is 11.8 Å². The van der Waals surface area contributed by atoms with Gasteiger partial charge in [0.15, 0.2) is 11.5 Å². The maximum Gasteiger partial charge on any atom is 0.242 e. The van der Waals surface area contributed by atoms with Crippen molar-refractivity contribution in [2.75, 3.05) is 58.9 Å². The summed E-state index contributed by atoms with van der Waals surface area (Å²) in [6.07, 6.45) is 0. The Hall–Kier alpha value is -1.93. The van der Waals surface area contributed by atoms with Crippen molar-refractivity contribution in [3.63, 3.8) is 0 Å². The van der Waals surface area contributed by atoms with Gasteiger partial charge in [-0.05, 0) is 18.2 Å². The second-order valence-corrected chi connectivity index (χ2v) is 6.89. The van der Waals surface area contributed by atoms with Gasteiger partial charge in [-0.3, -0.25) is 9.59 Å². The van der Waals surface area contributed by atoms with Gasteiger partial charge in [-0.25, -0.2) is 0 Å². The van der Waals surface area contributed by atoms with E-state index in [0.717, 1.165) is 10.6 Å². The molecule has 7 nitrogen and oxygen atoms in total. The third kappa shape index (κ3) is 4.79. The number of likely N-dealkylation sites (N-methyl/N-ethyl adjacent to an activating group) is 1. The van der Waals surface area contributed by atoms with Gasteiger partial charge >= 0.3 is 0 Å². The van der Waals surface area contributed by atoms with Crippen LogP contribution in [0.4, 0.5) is 0 Å². The Morgan fingerprint density at radius 3 is 2.60 bits per heavy atom. The molecule has 0 spiro atoms. The first kappa shape index (κ1) is 17.9. The number of carbonyl (C=O) groups is 2. The highest BCUT2D eigenvalue weighted by Crippen LogP contribution is 2.34. The minimum Gasteiger partial charge on any atom is -0.486 e. The third-order valence-electron chi connectivity index (χ3n) is 4.04. The molecule has 0 radical (unpaired) electrons. The largest absolute Gasteiger partial charge is 0.486 e. The van der Waals surface area contributed by atoms with Crippen molar-refractivity contribution in [1.82, 2.24) is 9.80 Å². The van der Waals surface area contributed by atoms with Crippen molar-refractivity contribution in [1.29, 1.82) is 0 Å². The van der Waals surface area contributed by atoms with Crippen LogP contribution < -0.4 is 9.47 Å². The van der Waals surface area contributed by atoms with E-state index in [2.05, 4.69) is 0 Å². The lowest BCUT2D eigenvalue weighted by Gasteiger charge is -2.28. The Labute approximate surface area is 151 Å². The molecule has 1 saturated heterocycles. The summed E-state index contributed by atoms with van der Waals surface area (Å²) in [6, 6.07) is 5.64. The Bertz CT molecular complexity index is 633. The summed E-state index contributed by atoms with van der Waals surface area (Å²) in [6.45, 7) is 3.49. The Balaban J connectivity index is 1.47. The van der Waals surface area contributed by atoms with Gasteiger partial charge < -0.3 is 24.0 Å². The van der Waals surface area contributed by atoms with Crippen LogP contribution in [0.5, 0.6) is 11.5 Å². The number of fused-ring (bicyclic) bond motifs is 1. The highest BCUT2D eigenvalue weighted by atomic mass is 32.2. The van der Waals surface area contributed by atoms with Crippen molar-refractivity contribution < 1.29 is 23.8 Å². The lowest BCUT2D eigenvalue weighted by Crippen LogP contribution is -2.46. The summed E-state index contributed by atoms with van der Waals surface area (Å²) >= 11 is 1.42. The smallest absolute Gasteiger partial charge is 0.242 e. The second-order valence-electron chi connectivity index (χ2n) is 5.84. The fourth-order valence-electron chi connectivity index (χ4n) is 2.57. The predicted octanol–water partition coefficient (Wildman–Crippen LogP) is 0.867. The van der Waals surface area contributed by atoms with E-state index < -0.39 is 0 Å². The number of ether oxygens (including phenoxy) is 3. The lowest BCUT2D eigenvalue weighted by atomic mass is 10.3. The SMILES string of the molecule is CN(CC(=O)N1CCOCC1)C(=O)CSc1ccc2c(c1)OCCO2. The van der Waals surface area contributed by atoms with Crippen molar-refractivity contribution in [3.8, 4) is 11.5 Å². The molecule has 0 aliphatic carbocycles. The third-order valence-corrected chi connectivity index (χ3v) is 5.02. The van der Waals surface area contributed by atoms with Crippen LogP contribution in [0.3, 0.4) is 0 Å². The maximum atomic E-state index is 12.3. The van der Waals surface area contributed by atoms with E-state index in [4.69, 9.17) is 14.2 Å². The summed E-state index contributed by atoms with van der Waals surface area (Å²) < 4.78 is 16.3. The molecule has 0 saturated carbocycles. The van der Waals surface area contributed by atoms with E-state index in [9.17, 15) is 9.59 Å². The fraction of sp³-hybridized carbons (Fsp3) is 0.529. The molecule has 0 unspecified atom stereocenters. The van der Waals surface area contributed by atoms with Crippen LogP contribution in [0.25, 0.3) is 0 Å². The molecule has 0 bridgehead atoms. The van der Waals surface area contributed by atoms with Gasteiger partial charge in [-0.15, -0.1) is 11.8 Å². The molecule has 1 aromatic rings. The number of rotatable bonds is 5. The molecule has 25 heavy (non-hydrogen) atoms. The summed E-state index contributed by atoms with van der Waals surface area (Å²) in [4.78, 5) is 28.6. The van der Waals surface area contributed by atoms with Crippen LogP contribution in [0.15, 0.2) is 23.1 Å². The quantitative estimate of drug-likeness (QED) is 0.721. The zero-order chi connectivity index (χ0) is 17.6. The zero-order valence-corrected chi connectivity index (χ0v) is 15.0.